The molecule has 3 heterocycles. The van der Waals surface area contributed by atoms with Crippen LogP contribution in [-0.4, -0.2) is 117 Å². The molecule has 1 aromatic rings. The molecule has 3 fully saturated rings. The van der Waals surface area contributed by atoms with Crippen molar-refractivity contribution in [1.82, 2.24) is 4.98 Å². The van der Waals surface area contributed by atoms with Crippen LogP contribution >= 0.6 is 0 Å². The highest BCUT2D eigenvalue weighted by molar-refractivity contribution is 5.94. The summed E-state index contributed by atoms with van der Waals surface area (Å²) in [6.07, 6.45) is -9.12. The summed E-state index contributed by atoms with van der Waals surface area (Å²) in [6, 6.07) is 2.89. The molecule has 2 saturated carbocycles. The van der Waals surface area contributed by atoms with E-state index in [0.29, 0.717) is 0 Å². The maximum atomic E-state index is 14.9. The number of fused-ring (bicyclic) bond motifs is 5. The van der Waals surface area contributed by atoms with Crippen molar-refractivity contribution in [1.29, 1.82) is 0 Å². The van der Waals surface area contributed by atoms with Crippen LogP contribution < -0.4 is 0 Å². The van der Waals surface area contributed by atoms with Gasteiger partial charge in [-0.25, -0.2) is 4.79 Å². The van der Waals surface area contributed by atoms with Gasteiger partial charge in [0, 0.05) is 39.8 Å². The van der Waals surface area contributed by atoms with Gasteiger partial charge in [0.1, 0.15) is 48.1 Å². The van der Waals surface area contributed by atoms with E-state index in [1.54, 1.807) is 6.92 Å². The number of aromatic nitrogens is 1. The van der Waals surface area contributed by atoms with Gasteiger partial charge < -0.3 is 43.4 Å². The second-order valence-electron chi connectivity index (χ2n) is 14.0. The van der Waals surface area contributed by atoms with Crippen molar-refractivity contribution in [3.05, 3.63) is 29.6 Å². The molecule has 0 unspecified atom stereocenters. The lowest BCUT2D eigenvalue weighted by Gasteiger charge is -2.66. The van der Waals surface area contributed by atoms with Crippen molar-refractivity contribution in [2.45, 2.75) is 109 Å². The summed E-state index contributed by atoms with van der Waals surface area (Å²) >= 11 is 0. The van der Waals surface area contributed by atoms with Crippen LogP contribution in [0.3, 0.4) is 0 Å². The monoisotopic (exact) mass is 719 g/mol. The van der Waals surface area contributed by atoms with Gasteiger partial charge in [-0.3, -0.25) is 33.8 Å². The zero-order valence-corrected chi connectivity index (χ0v) is 29.3. The SMILES string of the molecule is CC(=O)OC[C@]12[C@H](OC(C)=O)C(=O)[C@@H]3[C@@H](OC(C)=O)[C@@]14O[C@@]3(C)COC(=O)c1cccnc1[C@@H](C)[C@H](C)C(=O)O[C@@H]([C@H](O)[C@@H]2OC(C)=O)[C@]4(C)O. The van der Waals surface area contributed by atoms with Gasteiger partial charge in [-0.15, -0.1) is 0 Å². The molecule has 1 aromatic heterocycles. The topological polar surface area (TPSA) is 237 Å². The molecule has 1 saturated heterocycles. The van der Waals surface area contributed by atoms with Crippen molar-refractivity contribution in [3.63, 3.8) is 0 Å². The van der Waals surface area contributed by atoms with Crippen LogP contribution in [0.2, 0.25) is 0 Å². The molecular weight excluding hydrogens is 678 g/mol. The smallest absolute Gasteiger partial charge is 0.340 e. The Morgan fingerprint density at radius 1 is 0.922 bits per heavy atom. The third kappa shape index (κ3) is 5.56. The number of pyridine rings is 1. The third-order valence-electron chi connectivity index (χ3n) is 10.6. The number of esters is 6. The minimum absolute atomic E-state index is 0.0311. The second-order valence-corrected chi connectivity index (χ2v) is 14.0. The highest BCUT2D eigenvalue weighted by atomic mass is 16.7. The standard InChI is InChI=1S/C34H41NO16/c1-14-15(2)29(42)50-26-24(41)28(49-19(6)39)33(13-45-16(3)36)27(48-18(5)38)23(40)21-25(47-17(4)37)34(33,32(26,8)44)51-31(21,7)12-46-30(43)20-10-9-11-35-22(14)20/h9-11,14-15,21,24-28,41,44H,12-13H2,1-8H3/t14-,15-,21+,24-,25+,26-,27+,28-,31-,32-,33+,34-/m0/s1. The largest absolute Gasteiger partial charge is 0.465 e. The van der Waals surface area contributed by atoms with E-state index >= 15 is 0 Å². The molecule has 17 nitrogen and oxygen atoms in total. The Morgan fingerprint density at radius 3 is 2.12 bits per heavy atom. The van der Waals surface area contributed by atoms with E-state index in [2.05, 4.69) is 4.98 Å². The first-order valence-electron chi connectivity index (χ1n) is 16.3. The Bertz CT molecular complexity index is 1670. The van der Waals surface area contributed by atoms with E-state index in [1.165, 1.54) is 32.2 Å². The molecule has 12 atom stereocenters. The fourth-order valence-electron chi connectivity index (χ4n) is 8.41. The van der Waals surface area contributed by atoms with Crippen LogP contribution in [0.25, 0.3) is 0 Å². The summed E-state index contributed by atoms with van der Waals surface area (Å²) in [5.41, 5.74) is -10.0. The number of ether oxygens (including phenoxy) is 7. The maximum absolute atomic E-state index is 14.9. The van der Waals surface area contributed by atoms with Crippen LogP contribution in [-0.2, 0) is 61.9 Å². The van der Waals surface area contributed by atoms with Gasteiger partial charge in [-0.05, 0) is 26.0 Å². The van der Waals surface area contributed by atoms with Gasteiger partial charge in [0.15, 0.2) is 23.6 Å². The number of carbonyl (C=O) groups is 7. The fourth-order valence-corrected chi connectivity index (χ4v) is 8.41. The van der Waals surface area contributed by atoms with Gasteiger partial charge in [0.2, 0.25) is 0 Å². The number of Topliss-reactive ketones (excluding diaryl/α,β-unsaturated/α-hetero) is 1. The number of aliphatic hydroxyl groups excluding tert-OH is 1. The molecule has 0 amide bonds. The molecule has 278 valence electrons. The van der Waals surface area contributed by atoms with E-state index in [-0.39, 0.29) is 11.3 Å². The van der Waals surface area contributed by atoms with Crippen molar-refractivity contribution in [2.24, 2.45) is 17.3 Å². The minimum atomic E-state index is -2.78. The molecule has 5 rings (SSSR count). The number of aliphatic hydroxyl groups is 2. The first-order valence-corrected chi connectivity index (χ1v) is 16.3. The minimum Gasteiger partial charge on any atom is -0.465 e. The number of hydrogen-bond acceptors (Lipinski definition) is 17. The number of nitrogens with zero attached hydrogens (tertiary/aromatic N) is 1. The van der Waals surface area contributed by atoms with Gasteiger partial charge >= 0.3 is 35.8 Å². The quantitative estimate of drug-likeness (QED) is 0.303. The Balaban J connectivity index is 1.92. The Labute approximate surface area is 292 Å². The predicted molar refractivity (Wildman–Crippen MR) is 165 cm³/mol. The van der Waals surface area contributed by atoms with Gasteiger partial charge in [0.25, 0.3) is 0 Å². The first kappa shape index (κ1) is 37.8. The number of rotatable bonds is 5. The molecule has 0 radical (unpaired) electrons. The molecule has 4 bridgehead atoms. The van der Waals surface area contributed by atoms with E-state index in [9.17, 15) is 43.8 Å². The molecule has 2 aliphatic carbocycles. The number of hydrogen-bond donors (Lipinski definition) is 2. The van der Waals surface area contributed by atoms with Crippen LogP contribution in [0, 0.1) is 17.3 Å². The normalized spacial score (nSPS) is 40.2. The highest BCUT2D eigenvalue weighted by Crippen LogP contribution is 2.68. The van der Waals surface area contributed by atoms with Gasteiger partial charge in [-0.2, -0.15) is 0 Å². The van der Waals surface area contributed by atoms with Crippen molar-refractivity contribution in [2.75, 3.05) is 13.2 Å². The zero-order valence-electron chi connectivity index (χ0n) is 29.3. The predicted octanol–water partition coefficient (Wildman–Crippen LogP) is 0.100. The molecular formula is C34H41NO16. The van der Waals surface area contributed by atoms with Gasteiger partial charge in [-0.1, -0.05) is 13.8 Å². The Kier molecular flexibility index (Phi) is 9.58. The summed E-state index contributed by atoms with van der Waals surface area (Å²) in [6.45, 7) is 7.50. The summed E-state index contributed by atoms with van der Waals surface area (Å²) in [5, 5.41) is 25.0. The lowest BCUT2D eigenvalue weighted by atomic mass is 9.45. The summed E-state index contributed by atoms with van der Waals surface area (Å²) < 4.78 is 40.9. The molecule has 2 aliphatic heterocycles. The molecule has 4 aliphatic rings. The van der Waals surface area contributed by atoms with Gasteiger partial charge in [0.05, 0.1) is 23.1 Å². The van der Waals surface area contributed by atoms with E-state index < -0.39 is 125 Å². The average Bonchev–Trinajstić information content (AvgIpc) is 3.27. The Hall–Kier alpha value is -4.48. The van der Waals surface area contributed by atoms with Crippen molar-refractivity contribution >= 4 is 41.6 Å². The van der Waals surface area contributed by atoms with Crippen LogP contribution in [0.4, 0.5) is 0 Å². The first-order chi connectivity index (χ1) is 23.7. The zero-order chi connectivity index (χ0) is 38.0. The fraction of sp³-hybridized carbons (Fsp3) is 0.647. The average molecular weight is 720 g/mol. The molecule has 1 spiro atoms. The molecule has 17 heteroatoms. The van der Waals surface area contributed by atoms with E-state index in [4.69, 9.17) is 33.2 Å². The maximum Gasteiger partial charge on any atom is 0.340 e. The number of cyclic esters (lactones) is 1. The summed E-state index contributed by atoms with van der Waals surface area (Å²) in [7, 11) is 0. The number of carbonyl (C=O) groups excluding carboxylic acids is 7. The molecule has 0 aromatic carbocycles. The molecule has 2 N–H and O–H groups in total. The highest BCUT2D eigenvalue weighted by Gasteiger charge is 2.91. The second kappa shape index (κ2) is 12.9. The number of ketones is 1. The summed E-state index contributed by atoms with van der Waals surface area (Å²) in [5.74, 6) is -10.7. The van der Waals surface area contributed by atoms with Crippen molar-refractivity contribution < 1.29 is 76.9 Å². The lowest BCUT2D eigenvalue weighted by Crippen LogP contribution is -2.88. The van der Waals surface area contributed by atoms with E-state index in [0.717, 1.165) is 34.6 Å². The van der Waals surface area contributed by atoms with Crippen LogP contribution in [0.15, 0.2) is 18.3 Å². The Morgan fingerprint density at radius 2 is 1.53 bits per heavy atom. The third-order valence-corrected chi connectivity index (χ3v) is 10.6. The molecule has 51 heavy (non-hydrogen) atoms. The van der Waals surface area contributed by atoms with Crippen LogP contribution in [0.1, 0.15) is 77.4 Å². The van der Waals surface area contributed by atoms with Crippen LogP contribution in [0.5, 0.6) is 0 Å². The van der Waals surface area contributed by atoms with E-state index in [1.807, 2.05) is 0 Å². The summed E-state index contributed by atoms with van der Waals surface area (Å²) in [4.78, 5) is 97.7. The van der Waals surface area contributed by atoms with Crippen molar-refractivity contribution in [3.8, 4) is 0 Å². The lowest BCUT2D eigenvalue weighted by molar-refractivity contribution is -0.376.